The van der Waals surface area contributed by atoms with Crippen LogP contribution in [0.4, 0.5) is 0 Å². The number of nitrogens with zero attached hydrogens (tertiary/aromatic N) is 1. The van der Waals surface area contributed by atoms with E-state index in [1.54, 1.807) is 16.7 Å². The van der Waals surface area contributed by atoms with E-state index in [1.165, 1.54) is 18.5 Å². The number of furan rings is 1. The Morgan fingerprint density at radius 3 is 2.70 bits per heavy atom. The topological polar surface area (TPSA) is 84.5 Å². The Morgan fingerprint density at radius 2 is 2.20 bits per heavy atom. The van der Waals surface area contributed by atoms with Gasteiger partial charge >= 0.3 is 0 Å². The van der Waals surface area contributed by atoms with Gasteiger partial charge in [-0.05, 0) is 32.0 Å². The van der Waals surface area contributed by atoms with Gasteiger partial charge in [0.2, 0.25) is 10.0 Å². The van der Waals surface area contributed by atoms with Crippen molar-refractivity contribution in [1.29, 1.82) is 0 Å². The smallest absolute Gasteiger partial charge is 0.242 e. The van der Waals surface area contributed by atoms with Crippen molar-refractivity contribution < 1.29 is 17.9 Å². The van der Waals surface area contributed by atoms with E-state index in [-0.39, 0.29) is 24.1 Å². The summed E-state index contributed by atoms with van der Waals surface area (Å²) in [4.78, 5) is 0.141. The third-order valence-corrected chi connectivity index (χ3v) is 4.32. The zero-order valence-corrected chi connectivity index (χ0v) is 12.2. The number of aromatic nitrogens is 1. The van der Waals surface area contributed by atoms with Gasteiger partial charge in [-0.25, -0.2) is 13.1 Å². The van der Waals surface area contributed by atoms with Crippen LogP contribution in [0.3, 0.4) is 0 Å². The third-order valence-electron chi connectivity index (χ3n) is 2.95. The summed E-state index contributed by atoms with van der Waals surface area (Å²) < 4.78 is 33.7. The highest BCUT2D eigenvalue weighted by molar-refractivity contribution is 7.89. The molecule has 0 atom stereocenters. The van der Waals surface area contributed by atoms with Gasteiger partial charge in [-0.15, -0.1) is 0 Å². The highest BCUT2D eigenvalue weighted by Gasteiger charge is 2.19. The van der Waals surface area contributed by atoms with E-state index in [4.69, 9.17) is 4.42 Å². The number of hydrogen-bond donors (Lipinski definition) is 2. The molecule has 0 amide bonds. The maximum atomic E-state index is 12.2. The van der Waals surface area contributed by atoms with Crippen molar-refractivity contribution in [2.45, 2.75) is 37.9 Å². The third kappa shape index (κ3) is 3.12. The highest BCUT2D eigenvalue weighted by Crippen LogP contribution is 2.19. The van der Waals surface area contributed by atoms with Gasteiger partial charge in [0.1, 0.15) is 5.76 Å². The van der Waals surface area contributed by atoms with Crippen molar-refractivity contribution in [2.24, 2.45) is 0 Å². The Labute approximate surface area is 118 Å². The summed E-state index contributed by atoms with van der Waals surface area (Å²) in [5.74, 6) is 0.541. The quantitative estimate of drug-likeness (QED) is 0.849. The first-order valence-electron chi connectivity index (χ1n) is 6.27. The molecule has 2 aromatic heterocycles. The Balaban J connectivity index is 2.21. The Morgan fingerprint density at radius 1 is 1.45 bits per heavy atom. The lowest BCUT2D eigenvalue weighted by Gasteiger charge is -2.10. The molecule has 0 radical (unpaired) electrons. The van der Waals surface area contributed by atoms with Gasteiger partial charge in [-0.3, -0.25) is 0 Å². The van der Waals surface area contributed by atoms with E-state index in [0.29, 0.717) is 11.5 Å². The SMILES string of the molecule is CC(C)n1cc(S(=O)(=O)NCc2ccco2)cc1CO. The first-order valence-corrected chi connectivity index (χ1v) is 7.76. The first kappa shape index (κ1) is 14.8. The molecule has 0 bridgehead atoms. The number of aliphatic hydroxyl groups excluding tert-OH is 1. The number of hydrogen-bond acceptors (Lipinski definition) is 4. The van der Waals surface area contributed by atoms with Gasteiger partial charge < -0.3 is 14.1 Å². The molecule has 0 aliphatic carbocycles. The van der Waals surface area contributed by atoms with Crippen LogP contribution in [0.15, 0.2) is 40.0 Å². The zero-order chi connectivity index (χ0) is 14.8. The van der Waals surface area contributed by atoms with Crippen molar-refractivity contribution in [3.8, 4) is 0 Å². The fraction of sp³-hybridized carbons (Fsp3) is 0.385. The van der Waals surface area contributed by atoms with Crippen LogP contribution in [-0.4, -0.2) is 18.1 Å². The average Bonchev–Trinajstić information content (AvgIpc) is 3.05. The number of nitrogens with one attached hydrogen (secondary N) is 1. The van der Waals surface area contributed by atoms with Crippen LogP contribution in [-0.2, 0) is 23.2 Å². The molecule has 110 valence electrons. The van der Waals surface area contributed by atoms with Crippen molar-refractivity contribution >= 4 is 10.0 Å². The summed E-state index contributed by atoms with van der Waals surface area (Å²) in [6.45, 7) is 3.74. The van der Waals surface area contributed by atoms with Crippen LogP contribution in [0.5, 0.6) is 0 Å². The maximum absolute atomic E-state index is 12.2. The Hall–Kier alpha value is -1.57. The van der Waals surface area contributed by atoms with Gasteiger partial charge in [-0.2, -0.15) is 0 Å². The van der Waals surface area contributed by atoms with E-state index in [1.807, 2.05) is 13.8 Å². The molecule has 2 aromatic rings. The standard InChI is InChI=1S/C13H18N2O4S/c1-10(2)15-8-13(6-11(15)9-16)20(17,18)14-7-12-4-3-5-19-12/h3-6,8,10,14,16H,7,9H2,1-2H3. The molecule has 2 N–H and O–H groups in total. The van der Waals surface area contributed by atoms with Crippen molar-refractivity contribution in [2.75, 3.05) is 0 Å². The minimum Gasteiger partial charge on any atom is -0.468 e. The molecular weight excluding hydrogens is 280 g/mol. The minimum absolute atomic E-state index is 0.0752. The lowest BCUT2D eigenvalue weighted by molar-refractivity contribution is 0.268. The van der Waals surface area contributed by atoms with E-state index in [0.717, 1.165) is 0 Å². The average molecular weight is 298 g/mol. The molecule has 7 heteroatoms. The molecule has 0 fully saturated rings. The second-order valence-corrected chi connectivity index (χ2v) is 6.50. The van der Waals surface area contributed by atoms with Crippen molar-refractivity contribution in [1.82, 2.24) is 9.29 Å². The molecule has 0 saturated heterocycles. The fourth-order valence-electron chi connectivity index (χ4n) is 1.91. The van der Waals surface area contributed by atoms with E-state index in [9.17, 15) is 13.5 Å². The molecule has 0 spiro atoms. The number of rotatable bonds is 6. The molecule has 2 rings (SSSR count). The van der Waals surface area contributed by atoms with Gasteiger partial charge in [0.15, 0.2) is 0 Å². The highest BCUT2D eigenvalue weighted by atomic mass is 32.2. The summed E-state index contributed by atoms with van der Waals surface area (Å²) >= 11 is 0. The summed E-state index contributed by atoms with van der Waals surface area (Å²) in [5, 5.41) is 9.28. The molecule has 0 unspecified atom stereocenters. The Bertz CT molecular complexity index is 657. The van der Waals surface area contributed by atoms with Crippen LogP contribution in [0, 0.1) is 0 Å². The molecule has 0 aliphatic heterocycles. The summed E-state index contributed by atoms with van der Waals surface area (Å²) in [7, 11) is -3.62. The zero-order valence-electron chi connectivity index (χ0n) is 11.4. The molecule has 0 saturated carbocycles. The van der Waals surface area contributed by atoms with Gasteiger partial charge in [-0.1, -0.05) is 0 Å². The monoisotopic (exact) mass is 298 g/mol. The lowest BCUT2D eigenvalue weighted by Crippen LogP contribution is -2.22. The predicted octanol–water partition coefficient (Wildman–Crippen LogP) is 1.63. The van der Waals surface area contributed by atoms with E-state index >= 15 is 0 Å². The van der Waals surface area contributed by atoms with Gasteiger partial charge in [0.25, 0.3) is 0 Å². The molecule has 0 aliphatic rings. The number of sulfonamides is 1. The molecule has 0 aromatic carbocycles. The second-order valence-electron chi connectivity index (χ2n) is 4.73. The van der Waals surface area contributed by atoms with E-state index in [2.05, 4.69) is 4.72 Å². The largest absolute Gasteiger partial charge is 0.468 e. The first-order chi connectivity index (χ1) is 9.44. The van der Waals surface area contributed by atoms with Gasteiger partial charge in [0.05, 0.1) is 24.3 Å². The number of aliphatic hydroxyl groups is 1. The second kappa shape index (κ2) is 5.82. The van der Waals surface area contributed by atoms with Crippen LogP contribution in [0.25, 0.3) is 0 Å². The molecule has 20 heavy (non-hydrogen) atoms. The summed E-state index contributed by atoms with van der Waals surface area (Å²) in [6.07, 6.45) is 3.02. The molecule has 6 nitrogen and oxygen atoms in total. The maximum Gasteiger partial charge on any atom is 0.242 e. The van der Waals surface area contributed by atoms with Crippen LogP contribution < -0.4 is 4.72 Å². The normalized spacial score (nSPS) is 12.2. The van der Waals surface area contributed by atoms with E-state index < -0.39 is 10.0 Å². The minimum atomic E-state index is -3.62. The van der Waals surface area contributed by atoms with Crippen molar-refractivity contribution in [3.05, 3.63) is 42.1 Å². The molecular formula is C13H18N2O4S. The summed E-state index contributed by atoms with van der Waals surface area (Å²) in [5.41, 5.74) is 0.568. The van der Waals surface area contributed by atoms with Crippen molar-refractivity contribution in [3.63, 3.8) is 0 Å². The van der Waals surface area contributed by atoms with Crippen LogP contribution >= 0.6 is 0 Å². The summed E-state index contributed by atoms with van der Waals surface area (Å²) in [6, 6.07) is 4.94. The van der Waals surface area contributed by atoms with Crippen LogP contribution in [0.2, 0.25) is 0 Å². The molecule has 2 heterocycles. The fourth-order valence-corrected chi connectivity index (χ4v) is 2.96. The van der Waals surface area contributed by atoms with Crippen LogP contribution in [0.1, 0.15) is 31.3 Å². The Kier molecular flexibility index (Phi) is 4.32. The predicted molar refractivity (Wildman–Crippen MR) is 73.5 cm³/mol. The van der Waals surface area contributed by atoms with Gasteiger partial charge in [0, 0.05) is 17.9 Å². The lowest BCUT2D eigenvalue weighted by atomic mass is 10.3.